The van der Waals surface area contributed by atoms with Gasteiger partial charge >= 0.3 is 0 Å². The third kappa shape index (κ3) is 4.04. The lowest BCUT2D eigenvalue weighted by molar-refractivity contribution is 0.286. The van der Waals surface area contributed by atoms with Crippen LogP contribution in [0.4, 0.5) is 4.39 Å². The minimum Gasteiger partial charge on any atom is -0.485 e. The van der Waals surface area contributed by atoms with Gasteiger partial charge in [0.2, 0.25) is 0 Å². The quantitative estimate of drug-likeness (QED) is 0.774. The Labute approximate surface area is 117 Å². The summed E-state index contributed by atoms with van der Waals surface area (Å²) >= 11 is 1.61. The van der Waals surface area contributed by atoms with Gasteiger partial charge in [-0.15, -0.1) is 0 Å². The van der Waals surface area contributed by atoms with Crippen LogP contribution in [0.1, 0.15) is 24.5 Å². The summed E-state index contributed by atoms with van der Waals surface area (Å²) < 4.78 is 19.5. The van der Waals surface area contributed by atoms with E-state index in [1.807, 2.05) is 22.9 Å². The van der Waals surface area contributed by atoms with Crippen LogP contribution in [-0.4, -0.2) is 6.54 Å². The molecule has 4 heteroatoms. The van der Waals surface area contributed by atoms with Crippen molar-refractivity contribution in [1.29, 1.82) is 0 Å². The fourth-order valence-electron chi connectivity index (χ4n) is 1.78. The highest BCUT2D eigenvalue weighted by Crippen LogP contribution is 2.24. The van der Waals surface area contributed by atoms with Crippen LogP contribution in [0.15, 0.2) is 35.0 Å². The highest BCUT2D eigenvalue weighted by molar-refractivity contribution is 7.07. The molecule has 102 valence electrons. The van der Waals surface area contributed by atoms with Crippen molar-refractivity contribution in [3.8, 4) is 5.75 Å². The van der Waals surface area contributed by atoms with Crippen molar-refractivity contribution in [2.75, 3.05) is 6.54 Å². The third-order valence-electron chi connectivity index (χ3n) is 2.75. The Hall–Kier alpha value is -1.39. The van der Waals surface area contributed by atoms with Gasteiger partial charge in [-0.2, -0.15) is 11.3 Å². The first-order valence-electron chi connectivity index (χ1n) is 6.43. The summed E-state index contributed by atoms with van der Waals surface area (Å²) in [5, 5.41) is 7.27. The topological polar surface area (TPSA) is 21.3 Å². The van der Waals surface area contributed by atoms with Crippen molar-refractivity contribution in [3.63, 3.8) is 0 Å². The number of hydrogen-bond acceptors (Lipinski definition) is 3. The standard InChI is InChI=1S/C15H18FNOS/c1-2-7-17-9-13-4-3-5-14(16)15(13)18-10-12-6-8-19-11-12/h3-6,8,11,17H,2,7,9-10H2,1H3. The van der Waals surface area contributed by atoms with Gasteiger partial charge in [-0.05, 0) is 41.4 Å². The first-order valence-corrected chi connectivity index (χ1v) is 7.37. The highest BCUT2D eigenvalue weighted by Gasteiger charge is 2.09. The lowest BCUT2D eigenvalue weighted by Crippen LogP contribution is -2.15. The molecule has 1 aromatic carbocycles. The molecule has 0 atom stereocenters. The van der Waals surface area contributed by atoms with Gasteiger partial charge in [0.05, 0.1) is 0 Å². The van der Waals surface area contributed by atoms with Gasteiger partial charge < -0.3 is 10.1 Å². The molecule has 1 aromatic heterocycles. The van der Waals surface area contributed by atoms with Crippen LogP contribution in [0, 0.1) is 5.82 Å². The molecule has 1 N–H and O–H groups in total. The number of hydrogen-bond donors (Lipinski definition) is 1. The van der Waals surface area contributed by atoms with Gasteiger partial charge in [0.1, 0.15) is 6.61 Å². The van der Waals surface area contributed by atoms with Crippen LogP contribution < -0.4 is 10.1 Å². The Morgan fingerprint density at radius 2 is 2.21 bits per heavy atom. The zero-order valence-corrected chi connectivity index (χ0v) is 11.8. The fraction of sp³-hybridized carbons (Fsp3) is 0.333. The van der Waals surface area contributed by atoms with Crippen LogP contribution in [0.2, 0.25) is 0 Å². The number of halogens is 1. The molecular formula is C15H18FNOS. The number of rotatable bonds is 7. The minimum atomic E-state index is -0.300. The van der Waals surface area contributed by atoms with E-state index in [1.54, 1.807) is 17.4 Å². The summed E-state index contributed by atoms with van der Waals surface area (Å²) in [7, 11) is 0. The van der Waals surface area contributed by atoms with Crippen LogP contribution in [-0.2, 0) is 13.2 Å². The van der Waals surface area contributed by atoms with Gasteiger partial charge in [-0.25, -0.2) is 4.39 Å². The molecule has 2 aromatic rings. The second-order valence-electron chi connectivity index (χ2n) is 4.33. The molecule has 19 heavy (non-hydrogen) atoms. The van der Waals surface area contributed by atoms with Crippen molar-refractivity contribution in [1.82, 2.24) is 5.32 Å². The van der Waals surface area contributed by atoms with E-state index in [9.17, 15) is 4.39 Å². The van der Waals surface area contributed by atoms with Crippen molar-refractivity contribution >= 4 is 11.3 Å². The Balaban J connectivity index is 2.04. The molecule has 0 aliphatic heterocycles. The molecular weight excluding hydrogens is 261 g/mol. The maximum Gasteiger partial charge on any atom is 0.165 e. The monoisotopic (exact) mass is 279 g/mol. The average molecular weight is 279 g/mol. The number of nitrogens with one attached hydrogen (secondary N) is 1. The molecule has 0 aliphatic carbocycles. The van der Waals surface area contributed by atoms with E-state index < -0.39 is 0 Å². The summed E-state index contributed by atoms with van der Waals surface area (Å²) in [4.78, 5) is 0. The second kappa shape index (κ2) is 7.26. The number of ether oxygens (including phenoxy) is 1. The molecule has 0 bridgehead atoms. The molecule has 2 nitrogen and oxygen atoms in total. The van der Waals surface area contributed by atoms with Crippen LogP contribution in [0.25, 0.3) is 0 Å². The number of benzene rings is 1. The summed E-state index contributed by atoms with van der Waals surface area (Å²) in [5.41, 5.74) is 1.93. The largest absolute Gasteiger partial charge is 0.485 e. The highest BCUT2D eigenvalue weighted by atomic mass is 32.1. The molecule has 1 heterocycles. The summed E-state index contributed by atoms with van der Waals surface area (Å²) in [6.45, 7) is 4.06. The molecule has 0 unspecified atom stereocenters. The lowest BCUT2D eigenvalue weighted by atomic mass is 10.2. The van der Waals surface area contributed by atoms with Gasteiger partial charge in [-0.1, -0.05) is 19.1 Å². The zero-order chi connectivity index (χ0) is 13.5. The Morgan fingerprint density at radius 1 is 1.32 bits per heavy atom. The zero-order valence-electron chi connectivity index (χ0n) is 11.0. The molecule has 0 spiro atoms. The summed E-state index contributed by atoms with van der Waals surface area (Å²) in [6.07, 6.45) is 1.06. The van der Waals surface area contributed by atoms with Gasteiger partial charge in [0, 0.05) is 12.1 Å². The van der Waals surface area contributed by atoms with E-state index in [1.165, 1.54) is 6.07 Å². The first-order chi connectivity index (χ1) is 9.31. The maximum absolute atomic E-state index is 13.8. The van der Waals surface area contributed by atoms with Crippen LogP contribution in [0.3, 0.4) is 0 Å². The third-order valence-corrected chi connectivity index (χ3v) is 3.49. The molecule has 0 saturated carbocycles. The number of thiophene rings is 1. The van der Waals surface area contributed by atoms with E-state index >= 15 is 0 Å². The molecule has 0 fully saturated rings. The smallest absolute Gasteiger partial charge is 0.165 e. The lowest BCUT2D eigenvalue weighted by Gasteiger charge is -2.12. The normalized spacial score (nSPS) is 10.6. The van der Waals surface area contributed by atoms with E-state index in [-0.39, 0.29) is 5.82 Å². The van der Waals surface area contributed by atoms with E-state index in [0.29, 0.717) is 18.9 Å². The van der Waals surface area contributed by atoms with Crippen molar-refractivity contribution < 1.29 is 9.13 Å². The molecule has 2 rings (SSSR count). The fourth-order valence-corrected chi connectivity index (χ4v) is 2.44. The predicted molar refractivity (Wildman–Crippen MR) is 77.0 cm³/mol. The van der Waals surface area contributed by atoms with Crippen molar-refractivity contribution in [2.24, 2.45) is 0 Å². The van der Waals surface area contributed by atoms with Crippen molar-refractivity contribution in [3.05, 3.63) is 52.0 Å². The van der Waals surface area contributed by atoms with Crippen molar-refractivity contribution in [2.45, 2.75) is 26.5 Å². The molecule has 0 aliphatic rings. The minimum absolute atomic E-state index is 0.300. The maximum atomic E-state index is 13.8. The summed E-state index contributed by atoms with van der Waals surface area (Å²) in [6, 6.07) is 7.04. The van der Waals surface area contributed by atoms with Gasteiger partial charge in [0.15, 0.2) is 11.6 Å². The first kappa shape index (κ1) is 14.0. The second-order valence-corrected chi connectivity index (χ2v) is 5.11. The van der Waals surface area contributed by atoms with E-state index in [0.717, 1.165) is 24.1 Å². The van der Waals surface area contributed by atoms with E-state index in [4.69, 9.17) is 4.74 Å². The molecule has 0 saturated heterocycles. The van der Waals surface area contributed by atoms with Gasteiger partial charge in [0.25, 0.3) is 0 Å². The van der Waals surface area contributed by atoms with E-state index in [2.05, 4.69) is 12.2 Å². The number of para-hydroxylation sites is 1. The summed E-state index contributed by atoms with van der Waals surface area (Å²) in [5.74, 6) is 0.0586. The Bertz CT molecular complexity index is 499. The molecule has 0 radical (unpaired) electrons. The van der Waals surface area contributed by atoms with Gasteiger partial charge in [-0.3, -0.25) is 0 Å². The van der Waals surface area contributed by atoms with Crippen LogP contribution in [0.5, 0.6) is 5.75 Å². The Morgan fingerprint density at radius 3 is 2.95 bits per heavy atom. The molecule has 0 amide bonds. The predicted octanol–water partition coefficient (Wildman–Crippen LogP) is 3.97. The SMILES string of the molecule is CCCNCc1cccc(F)c1OCc1ccsc1. The Kier molecular flexibility index (Phi) is 5.36. The van der Waals surface area contributed by atoms with Crippen LogP contribution >= 0.6 is 11.3 Å². The average Bonchev–Trinajstić information content (AvgIpc) is 2.91.